The van der Waals surface area contributed by atoms with Crippen LogP contribution in [0, 0.1) is 5.92 Å². The Morgan fingerprint density at radius 2 is 2.17 bits per heavy atom. The van der Waals surface area contributed by atoms with Gasteiger partial charge >= 0.3 is 0 Å². The molecule has 1 amide bonds. The van der Waals surface area contributed by atoms with E-state index in [2.05, 4.69) is 20.8 Å². The Balaban J connectivity index is 2.18. The lowest BCUT2D eigenvalue weighted by Crippen LogP contribution is -2.30. The van der Waals surface area contributed by atoms with Gasteiger partial charge < -0.3 is 10.0 Å². The minimum absolute atomic E-state index is 0.257. The van der Waals surface area contributed by atoms with Crippen molar-refractivity contribution in [1.29, 1.82) is 0 Å². The normalized spacial score (nSPS) is 22.3. The molecule has 106 valence electrons. The fourth-order valence-corrected chi connectivity index (χ4v) is 3.07. The van der Waals surface area contributed by atoms with Gasteiger partial charge in [0.2, 0.25) is 5.91 Å². The van der Waals surface area contributed by atoms with Crippen LogP contribution in [0.2, 0.25) is 0 Å². The summed E-state index contributed by atoms with van der Waals surface area (Å²) in [6.07, 6.45) is 2.26. The Morgan fingerprint density at radius 1 is 1.50 bits per heavy atom. The fraction of sp³-hybridized carbons (Fsp3) is 0.929. The van der Waals surface area contributed by atoms with Crippen molar-refractivity contribution in [1.82, 2.24) is 4.90 Å². The molecule has 0 aromatic heterocycles. The predicted octanol–water partition coefficient (Wildman–Crippen LogP) is 2.53. The molecule has 1 heterocycles. The van der Waals surface area contributed by atoms with Gasteiger partial charge in [-0.1, -0.05) is 20.8 Å². The number of aliphatic hydroxyl groups is 1. The zero-order chi connectivity index (χ0) is 13.8. The molecule has 0 spiro atoms. The average Bonchev–Trinajstić information content (AvgIpc) is 2.72. The molecule has 1 N–H and O–H groups in total. The second-order valence-electron chi connectivity index (χ2n) is 6.19. The molecule has 0 aromatic rings. The quantitative estimate of drug-likeness (QED) is 0.783. The first kappa shape index (κ1) is 15.8. The van der Waals surface area contributed by atoms with E-state index in [4.69, 9.17) is 0 Å². The Kier molecular flexibility index (Phi) is 5.99. The zero-order valence-electron chi connectivity index (χ0n) is 12.1. The molecule has 1 rings (SSSR count). The summed E-state index contributed by atoms with van der Waals surface area (Å²) in [5, 5.41) is 9.51. The molecule has 4 heteroatoms. The van der Waals surface area contributed by atoms with Crippen LogP contribution in [0.4, 0.5) is 0 Å². The summed E-state index contributed by atoms with van der Waals surface area (Å²) < 4.78 is 0.286. The van der Waals surface area contributed by atoms with Crippen molar-refractivity contribution in [3.8, 4) is 0 Å². The molecule has 2 atom stereocenters. The standard InChI is InChI=1S/C14H27NO2S/c1-11(16)12-7-8-15(10-12)13(17)6-5-9-18-14(2,3)4/h11-12,16H,5-10H2,1-4H3. The van der Waals surface area contributed by atoms with Crippen LogP contribution in [-0.4, -0.2) is 45.6 Å². The highest BCUT2D eigenvalue weighted by Crippen LogP contribution is 2.25. The lowest BCUT2D eigenvalue weighted by atomic mass is 10.0. The third kappa shape index (κ3) is 5.61. The number of rotatable bonds is 5. The number of thioether (sulfide) groups is 1. The highest BCUT2D eigenvalue weighted by Gasteiger charge is 2.28. The van der Waals surface area contributed by atoms with Crippen molar-refractivity contribution in [2.45, 2.75) is 57.8 Å². The lowest BCUT2D eigenvalue weighted by Gasteiger charge is -2.19. The first-order chi connectivity index (χ1) is 8.29. The van der Waals surface area contributed by atoms with Crippen molar-refractivity contribution in [3.05, 3.63) is 0 Å². The van der Waals surface area contributed by atoms with Gasteiger partial charge in [-0.15, -0.1) is 0 Å². The molecule has 0 aromatic carbocycles. The molecule has 0 radical (unpaired) electrons. The summed E-state index contributed by atoms with van der Waals surface area (Å²) in [6.45, 7) is 9.98. The SMILES string of the molecule is CC(O)C1CCN(C(=O)CCCSC(C)(C)C)C1. The number of hydrogen-bond acceptors (Lipinski definition) is 3. The minimum atomic E-state index is -0.292. The van der Waals surface area contributed by atoms with Crippen molar-refractivity contribution in [3.63, 3.8) is 0 Å². The second-order valence-corrected chi connectivity index (χ2v) is 8.12. The topological polar surface area (TPSA) is 40.5 Å². The summed E-state index contributed by atoms with van der Waals surface area (Å²) in [6, 6.07) is 0. The summed E-state index contributed by atoms with van der Waals surface area (Å²) in [4.78, 5) is 13.9. The Labute approximate surface area is 115 Å². The first-order valence-corrected chi connectivity index (χ1v) is 7.88. The predicted molar refractivity (Wildman–Crippen MR) is 77.8 cm³/mol. The number of carbonyl (C=O) groups excluding carboxylic acids is 1. The van der Waals surface area contributed by atoms with E-state index < -0.39 is 0 Å². The van der Waals surface area contributed by atoms with Gasteiger partial charge in [0.25, 0.3) is 0 Å². The first-order valence-electron chi connectivity index (χ1n) is 6.89. The number of hydrogen-bond donors (Lipinski definition) is 1. The van der Waals surface area contributed by atoms with E-state index in [1.807, 2.05) is 23.6 Å². The van der Waals surface area contributed by atoms with E-state index in [1.165, 1.54) is 0 Å². The van der Waals surface area contributed by atoms with Gasteiger partial charge in [-0.2, -0.15) is 11.8 Å². The number of nitrogens with zero attached hydrogens (tertiary/aromatic N) is 1. The molecular formula is C14H27NO2S. The van der Waals surface area contributed by atoms with E-state index in [0.29, 0.717) is 6.42 Å². The molecule has 2 unspecified atom stereocenters. The number of carbonyl (C=O) groups is 1. The third-order valence-electron chi connectivity index (χ3n) is 3.33. The van der Waals surface area contributed by atoms with Gasteiger partial charge in [-0.3, -0.25) is 4.79 Å². The van der Waals surface area contributed by atoms with Gasteiger partial charge in [-0.05, 0) is 25.5 Å². The Bertz CT molecular complexity index is 273. The molecule has 1 aliphatic heterocycles. The molecule has 3 nitrogen and oxygen atoms in total. The molecule has 1 fully saturated rings. The zero-order valence-corrected chi connectivity index (χ0v) is 12.9. The van der Waals surface area contributed by atoms with Crippen LogP contribution in [0.1, 0.15) is 47.0 Å². The van der Waals surface area contributed by atoms with Crippen LogP contribution in [0.5, 0.6) is 0 Å². The molecule has 0 aliphatic carbocycles. The van der Waals surface area contributed by atoms with E-state index in [-0.39, 0.29) is 22.7 Å². The van der Waals surface area contributed by atoms with Gasteiger partial charge in [0.05, 0.1) is 6.10 Å². The van der Waals surface area contributed by atoms with Gasteiger partial charge in [0.1, 0.15) is 0 Å². The maximum Gasteiger partial charge on any atom is 0.222 e. The summed E-state index contributed by atoms with van der Waals surface area (Å²) in [5.41, 5.74) is 0. The molecular weight excluding hydrogens is 246 g/mol. The van der Waals surface area contributed by atoms with Crippen LogP contribution in [0.3, 0.4) is 0 Å². The Morgan fingerprint density at radius 3 is 2.67 bits per heavy atom. The summed E-state index contributed by atoms with van der Waals surface area (Å²) >= 11 is 1.91. The van der Waals surface area contributed by atoms with Crippen LogP contribution in [0.15, 0.2) is 0 Å². The number of aliphatic hydroxyl groups excluding tert-OH is 1. The van der Waals surface area contributed by atoms with Gasteiger partial charge in [0, 0.05) is 30.2 Å². The molecule has 18 heavy (non-hydrogen) atoms. The number of amides is 1. The van der Waals surface area contributed by atoms with Crippen molar-refractivity contribution < 1.29 is 9.90 Å². The van der Waals surface area contributed by atoms with E-state index >= 15 is 0 Å². The molecule has 0 saturated carbocycles. The second kappa shape index (κ2) is 6.80. The largest absolute Gasteiger partial charge is 0.393 e. The minimum Gasteiger partial charge on any atom is -0.393 e. The number of likely N-dealkylation sites (tertiary alicyclic amines) is 1. The van der Waals surface area contributed by atoms with Crippen molar-refractivity contribution in [2.24, 2.45) is 5.92 Å². The summed E-state index contributed by atoms with van der Waals surface area (Å²) in [7, 11) is 0. The lowest BCUT2D eigenvalue weighted by molar-refractivity contribution is -0.130. The molecule has 1 aliphatic rings. The van der Waals surface area contributed by atoms with Crippen molar-refractivity contribution in [2.75, 3.05) is 18.8 Å². The van der Waals surface area contributed by atoms with E-state index in [1.54, 1.807) is 0 Å². The summed E-state index contributed by atoms with van der Waals surface area (Å²) in [5.74, 6) is 1.58. The van der Waals surface area contributed by atoms with E-state index in [9.17, 15) is 9.90 Å². The van der Waals surface area contributed by atoms with Crippen LogP contribution < -0.4 is 0 Å². The monoisotopic (exact) mass is 273 g/mol. The molecule has 1 saturated heterocycles. The highest BCUT2D eigenvalue weighted by atomic mass is 32.2. The highest BCUT2D eigenvalue weighted by molar-refractivity contribution is 8.00. The smallest absolute Gasteiger partial charge is 0.222 e. The Hall–Kier alpha value is -0.220. The maximum atomic E-state index is 12.0. The van der Waals surface area contributed by atoms with Crippen LogP contribution in [-0.2, 0) is 4.79 Å². The van der Waals surface area contributed by atoms with Crippen LogP contribution in [0.25, 0.3) is 0 Å². The van der Waals surface area contributed by atoms with Gasteiger partial charge in [-0.25, -0.2) is 0 Å². The molecule has 0 bridgehead atoms. The van der Waals surface area contributed by atoms with Crippen LogP contribution >= 0.6 is 11.8 Å². The van der Waals surface area contributed by atoms with Crippen molar-refractivity contribution >= 4 is 17.7 Å². The van der Waals surface area contributed by atoms with Gasteiger partial charge in [0.15, 0.2) is 0 Å². The maximum absolute atomic E-state index is 12.0. The third-order valence-corrected chi connectivity index (χ3v) is 4.69. The van der Waals surface area contributed by atoms with E-state index in [0.717, 1.165) is 31.7 Å². The fourth-order valence-electron chi connectivity index (χ4n) is 2.17. The average molecular weight is 273 g/mol.